The maximum Gasteiger partial charge on any atom is 0.283 e. The molecule has 0 saturated carbocycles. The first-order valence-corrected chi connectivity index (χ1v) is 13.2. The number of nitrogens with one attached hydrogen (secondary N) is 1. The molecule has 1 amide bonds. The summed E-state index contributed by atoms with van der Waals surface area (Å²) in [6.07, 6.45) is 1.49. The number of nitrogens with zero attached hydrogens (tertiary/aromatic N) is 3. The van der Waals surface area contributed by atoms with E-state index in [1.165, 1.54) is 19.9 Å². The minimum atomic E-state index is -3.77. The molecule has 0 saturated heterocycles. The topological polar surface area (TPSA) is 131 Å². The van der Waals surface area contributed by atoms with E-state index in [4.69, 9.17) is 19.6 Å². The third-order valence-corrected chi connectivity index (χ3v) is 8.06. The Labute approximate surface area is 213 Å². The van der Waals surface area contributed by atoms with Crippen LogP contribution in [0.25, 0.3) is 6.08 Å². The summed E-state index contributed by atoms with van der Waals surface area (Å²) < 4.78 is 45.8. The lowest BCUT2D eigenvalue weighted by atomic mass is 10.1. The molecule has 2 heterocycles. The lowest BCUT2D eigenvalue weighted by Gasteiger charge is -2.25. The smallest absolute Gasteiger partial charge is 0.283 e. The number of carbonyl (C=O) groups is 1. The molecule has 2 aromatic carbocycles. The minimum absolute atomic E-state index is 0.0340. The van der Waals surface area contributed by atoms with Gasteiger partial charge >= 0.3 is 0 Å². The predicted molar refractivity (Wildman–Crippen MR) is 139 cm³/mol. The highest BCUT2D eigenvalue weighted by molar-refractivity contribution is 8.16. The molecule has 0 fully saturated rings. The Morgan fingerprint density at radius 1 is 1.06 bits per heavy atom. The van der Waals surface area contributed by atoms with Gasteiger partial charge in [-0.05, 0) is 49.8 Å². The number of hydrogen-bond donors (Lipinski definition) is 1. The van der Waals surface area contributed by atoms with Gasteiger partial charge in [-0.15, -0.1) is 0 Å². The highest BCUT2D eigenvalue weighted by Crippen LogP contribution is 2.31. The van der Waals surface area contributed by atoms with Gasteiger partial charge in [0.2, 0.25) is 20.2 Å². The molecule has 0 unspecified atom stereocenters. The summed E-state index contributed by atoms with van der Waals surface area (Å²) in [5.41, 5.74) is 0.590. The van der Waals surface area contributed by atoms with Gasteiger partial charge in [-0.25, -0.2) is 13.3 Å². The molecule has 4 rings (SSSR count). The van der Waals surface area contributed by atoms with Gasteiger partial charge in [0, 0.05) is 6.07 Å². The largest absolute Gasteiger partial charge is 0.497 e. The first-order valence-electron chi connectivity index (χ1n) is 10.9. The highest BCUT2D eigenvalue weighted by Gasteiger charge is 2.43. The fourth-order valence-electron chi connectivity index (χ4n) is 3.23. The number of rotatable bonds is 8. The second-order valence-corrected chi connectivity index (χ2v) is 11.1. The summed E-state index contributed by atoms with van der Waals surface area (Å²) in [4.78, 5) is 17.6. The summed E-state index contributed by atoms with van der Waals surface area (Å²) in [6, 6.07) is 14.2. The SMILES string of the molecule is COc1cccc(OCCOc2ccc(/C=C3/C(=N)N4C(=NC3=O)SN=C4S(=O)(=O)C(C)C)cc2)c1. The third kappa shape index (κ3) is 5.29. The van der Waals surface area contributed by atoms with E-state index in [1.807, 2.05) is 18.2 Å². The van der Waals surface area contributed by atoms with Crippen LogP contribution in [0.3, 0.4) is 0 Å². The van der Waals surface area contributed by atoms with Crippen molar-refractivity contribution in [1.82, 2.24) is 4.90 Å². The maximum atomic E-state index is 12.7. The fraction of sp³-hybridized carbons (Fsp3) is 0.250. The molecule has 2 aromatic rings. The zero-order valence-electron chi connectivity index (χ0n) is 19.8. The average Bonchev–Trinajstić information content (AvgIpc) is 3.30. The molecule has 0 atom stereocenters. The van der Waals surface area contributed by atoms with Crippen molar-refractivity contribution in [2.45, 2.75) is 19.1 Å². The van der Waals surface area contributed by atoms with Crippen molar-refractivity contribution in [1.29, 1.82) is 5.41 Å². The van der Waals surface area contributed by atoms with Crippen LogP contribution in [0.15, 0.2) is 63.5 Å². The Morgan fingerprint density at radius 2 is 1.72 bits per heavy atom. The zero-order valence-corrected chi connectivity index (χ0v) is 21.4. The van der Waals surface area contributed by atoms with Crippen LogP contribution in [0.5, 0.6) is 17.2 Å². The van der Waals surface area contributed by atoms with Crippen molar-refractivity contribution in [3.63, 3.8) is 0 Å². The van der Waals surface area contributed by atoms with Gasteiger partial charge in [-0.2, -0.15) is 9.39 Å². The molecular formula is C24H24N4O6S2. The van der Waals surface area contributed by atoms with E-state index in [9.17, 15) is 13.2 Å². The van der Waals surface area contributed by atoms with E-state index in [0.29, 0.717) is 36.0 Å². The van der Waals surface area contributed by atoms with Crippen LogP contribution in [-0.4, -0.2) is 61.0 Å². The van der Waals surface area contributed by atoms with Gasteiger partial charge < -0.3 is 14.2 Å². The van der Waals surface area contributed by atoms with Crippen molar-refractivity contribution in [3.8, 4) is 17.2 Å². The zero-order chi connectivity index (χ0) is 25.9. The Bertz CT molecular complexity index is 1380. The van der Waals surface area contributed by atoms with E-state index < -0.39 is 21.0 Å². The number of carbonyl (C=O) groups excluding carboxylic acids is 1. The normalized spacial score (nSPS) is 16.7. The number of amides is 1. The Hall–Kier alpha value is -3.64. The van der Waals surface area contributed by atoms with Gasteiger partial charge in [-0.1, -0.05) is 18.2 Å². The van der Waals surface area contributed by atoms with Crippen molar-refractivity contribution < 1.29 is 27.4 Å². The molecule has 0 spiro atoms. The second kappa shape index (κ2) is 10.5. The highest BCUT2D eigenvalue weighted by atomic mass is 32.2. The molecule has 10 nitrogen and oxygen atoms in total. The second-order valence-electron chi connectivity index (χ2n) is 7.95. The van der Waals surface area contributed by atoms with E-state index in [1.54, 1.807) is 37.4 Å². The van der Waals surface area contributed by atoms with Crippen LogP contribution in [-0.2, 0) is 14.6 Å². The molecule has 0 bridgehead atoms. The number of ether oxygens (including phenoxy) is 3. The summed E-state index contributed by atoms with van der Waals surface area (Å²) in [7, 11) is -2.18. The molecule has 12 heteroatoms. The van der Waals surface area contributed by atoms with Gasteiger partial charge in [0.1, 0.15) is 36.3 Å². The van der Waals surface area contributed by atoms with Gasteiger partial charge in [0.25, 0.3) is 5.91 Å². The molecule has 188 valence electrons. The van der Waals surface area contributed by atoms with Crippen LogP contribution >= 0.6 is 11.9 Å². The van der Waals surface area contributed by atoms with Crippen molar-refractivity contribution in [2.75, 3.05) is 20.3 Å². The number of sulfone groups is 1. The molecule has 0 radical (unpaired) electrons. The Balaban J connectivity index is 1.41. The maximum absolute atomic E-state index is 12.7. The van der Waals surface area contributed by atoms with Crippen molar-refractivity contribution >= 4 is 49.9 Å². The number of amidine groups is 3. The van der Waals surface area contributed by atoms with E-state index in [2.05, 4.69) is 9.39 Å². The number of aliphatic imine (C=N–C) groups is 1. The number of benzene rings is 2. The van der Waals surface area contributed by atoms with E-state index in [0.717, 1.165) is 16.8 Å². The lowest BCUT2D eigenvalue weighted by molar-refractivity contribution is -0.114. The molecule has 2 aliphatic rings. The van der Waals surface area contributed by atoms with Gasteiger partial charge in [0.15, 0.2) is 0 Å². The Morgan fingerprint density at radius 3 is 2.39 bits per heavy atom. The first-order chi connectivity index (χ1) is 17.2. The quantitative estimate of drug-likeness (QED) is 0.313. The predicted octanol–water partition coefficient (Wildman–Crippen LogP) is 3.55. The van der Waals surface area contributed by atoms with Crippen LogP contribution in [0, 0.1) is 5.41 Å². The summed E-state index contributed by atoms with van der Waals surface area (Å²) >= 11 is 0.769. The van der Waals surface area contributed by atoms with E-state index >= 15 is 0 Å². The summed E-state index contributed by atoms with van der Waals surface area (Å²) in [5.74, 6) is 1.07. The van der Waals surface area contributed by atoms with Gasteiger partial charge in [-0.3, -0.25) is 10.2 Å². The average molecular weight is 529 g/mol. The summed E-state index contributed by atoms with van der Waals surface area (Å²) in [5, 5.41) is 7.54. The van der Waals surface area contributed by atoms with Gasteiger partial charge in [0.05, 0.1) is 29.9 Å². The molecule has 36 heavy (non-hydrogen) atoms. The van der Waals surface area contributed by atoms with Crippen LogP contribution in [0.1, 0.15) is 19.4 Å². The van der Waals surface area contributed by atoms with Crippen LogP contribution in [0.4, 0.5) is 0 Å². The number of methoxy groups -OCH3 is 1. The Kier molecular flexibility index (Phi) is 7.45. The molecule has 0 aliphatic carbocycles. The van der Waals surface area contributed by atoms with Crippen LogP contribution in [0.2, 0.25) is 0 Å². The number of hydrogen-bond acceptors (Lipinski definition) is 9. The molecule has 0 aromatic heterocycles. The first kappa shape index (κ1) is 25.5. The number of fused-ring (bicyclic) bond motifs is 1. The summed E-state index contributed by atoms with van der Waals surface area (Å²) in [6.45, 7) is 3.71. The lowest BCUT2D eigenvalue weighted by Crippen LogP contribution is -2.46. The molecule has 1 N–H and O–H groups in total. The molecular weight excluding hydrogens is 504 g/mol. The third-order valence-electron chi connectivity index (χ3n) is 5.22. The minimum Gasteiger partial charge on any atom is -0.497 e. The van der Waals surface area contributed by atoms with Crippen molar-refractivity contribution in [3.05, 3.63) is 59.7 Å². The molecule has 2 aliphatic heterocycles. The van der Waals surface area contributed by atoms with E-state index in [-0.39, 0.29) is 21.7 Å². The van der Waals surface area contributed by atoms with Crippen molar-refractivity contribution in [2.24, 2.45) is 9.39 Å². The monoisotopic (exact) mass is 528 g/mol. The van der Waals surface area contributed by atoms with Crippen LogP contribution < -0.4 is 14.2 Å². The standard InChI is InChI=1S/C24H24N4O6S2/c1-15(2)36(30,31)24-27-35-23-26-22(29)20(21(25)28(23)24)13-16-7-9-17(10-8-16)33-11-12-34-19-6-4-5-18(14-19)32-3/h4-10,13-15,25H,11-12H2,1-3H3/b20-13-,25-21?. The fourth-order valence-corrected chi connectivity index (χ4v) is 5.29.